The second-order valence-electron chi connectivity index (χ2n) is 5.46. The first-order valence-electron chi connectivity index (χ1n) is 8.28. The van der Waals surface area contributed by atoms with Crippen molar-refractivity contribution in [2.75, 3.05) is 13.2 Å². The number of benzene rings is 2. The lowest BCUT2D eigenvalue weighted by molar-refractivity contribution is 0.341. The molecule has 0 saturated carbocycles. The van der Waals surface area contributed by atoms with E-state index in [9.17, 15) is 0 Å². The van der Waals surface area contributed by atoms with E-state index < -0.39 is 0 Å². The SMILES string of the molecule is CCOc1ccccc1-c1cnc(CNCCc2ccccc2)s1. The lowest BCUT2D eigenvalue weighted by Gasteiger charge is -2.07. The maximum absolute atomic E-state index is 5.71. The van der Waals surface area contributed by atoms with Crippen molar-refractivity contribution in [1.82, 2.24) is 10.3 Å². The molecule has 0 fully saturated rings. The molecule has 0 bridgehead atoms. The minimum absolute atomic E-state index is 0.670. The fraction of sp³-hybridized carbons (Fsp3) is 0.250. The van der Waals surface area contributed by atoms with Gasteiger partial charge in [0.25, 0.3) is 0 Å². The van der Waals surface area contributed by atoms with Gasteiger partial charge in [-0.05, 0) is 37.6 Å². The Hall–Kier alpha value is -2.17. The average Bonchev–Trinajstić information content (AvgIpc) is 3.09. The highest BCUT2D eigenvalue weighted by atomic mass is 32.1. The molecule has 4 heteroatoms. The number of ether oxygens (including phenoxy) is 1. The molecule has 3 rings (SSSR count). The Morgan fingerprint density at radius 1 is 1.04 bits per heavy atom. The molecule has 24 heavy (non-hydrogen) atoms. The zero-order valence-electron chi connectivity index (χ0n) is 13.9. The number of thiazole rings is 1. The average molecular weight is 338 g/mol. The van der Waals surface area contributed by atoms with E-state index in [1.807, 2.05) is 37.4 Å². The summed E-state index contributed by atoms with van der Waals surface area (Å²) >= 11 is 1.72. The number of nitrogens with zero attached hydrogens (tertiary/aromatic N) is 1. The summed E-state index contributed by atoms with van der Waals surface area (Å²) < 4.78 is 5.71. The molecule has 0 atom stereocenters. The highest BCUT2D eigenvalue weighted by Crippen LogP contribution is 2.33. The minimum Gasteiger partial charge on any atom is -0.493 e. The van der Waals surface area contributed by atoms with Gasteiger partial charge in [0.1, 0.15) is 10.8 Å². The van der Waals surface area contributed by atoms with Crippen LogP contribution < -0.4 is 10.1 Å². The number of para-hydroxylation sites is 1. The smallest absolute Gasteiger partial charge is 0.127 e. The van der Waals surface area contributed by atoms with Gasteiger partial charge in [-0.25, -0.2) is 4.98 Å². The number of aromatic nitrogens is 1. The van der Waals surface area contributed by atoms with E-state index in [-0.39, 0.29) is 0 Å². The standard InChI is InChI=1S/C20H22N2OS/c1-2-23-18-11-7-6-10-17(18)19-14-22-20(24-19)15-21-13-12-16-8-4-3-5-9-16/h3-11,14,21H,2,12-13,15H2,1H3. The van der Waals surface area contributed by atoms with Gasteiger partial charge in [0.15, 0.2) is 0 Å². The van der Waals surface area contributed by atoms with E-state index in [0.29, 0.717) is 6.61 Å². The molecule has 0 aliphatic carbocycles. The fourth-order valence-corrected chi connectivity index (χ4v) is 3.46. The van der Waals surface area contributed by atoms with Crippen LogP contribution >= 0.6 is 11.3 Å². The summed E-state index contributed by atoms with van der Waals surface area (Å²) in [5.74, 6) is 0.923. The van der Waals surface area contributed by atoms with Crippen molar-refractivity contribution < 1.29 is 4.74 Å². The van der Waals surface area contributed by atoms with Crippen molar-refractivity contribution in [3.05, 3.63) is 71.4 Å². The van der Waals surface area contributed by atoms with Crippen LogP contribution in [0, 0.1) is 0 Å². The largest absolute Gasteiger partial charge is 0.493 e. The van der Waals surface area contributed by atoms with E-state index >= 15 is 0 Å². The Balaban J connectivity index is 1.56. The van der Waals surface area contributed by atoms with Crippen LogP contribution in [0.15, 0.2) is 60.8 Å². The van der Waals surface area contributed by atoms with Crippen molar-refractivity contribution in [3.63, 3.8) is 0 Å². The molecular weight excluding hydrogens is 316 g/mol. The Labute approximate surface area is 147 Å². The van der Waals surface area contributed by atoms with Gasteiger partial charge in [-0.15, -0.1) is 11.3 Å². The van der Waals surface area contributed by atoms with Gasteiger partial charge >= 0.3 is 0 Å². The third kappa shape index (κ3) is 4.43. The number of nitrogens with one attached hydrogen (secondary N) is 1. The van der Waals surface area contributed by atoms with Crippen molar-refractivity contribution in [2.45, 2.75) is 19.9 Å². The summed E-state index contributed by atoms with van der Waals surface area (Å²) in [6.45, 7) is 4.43. The topological polar surface area (TPSA) is 34.1 Å². The lowest BCUT2D eigenvalue weighted by Crippen LogP contribution is -2.16. The second kappa shape index (κ2) is 8.62. The van der Waals surface area contributed by atoms with Crippen molar-refractivity contribution in [1.29, 1.82) is 0 Å². The first-order valence-corrected chi connectivity index (χ1v) is 9.10. The highest BCUT2D eigenvalue weighted by molar-refractivity contribution is 7.15. The molecule has 1 heterocycles. The minimum atomic E-state index is 0.670. The molecule has 0 spiro atoms. The second-order valence-corrected chi connectivity index (χ2v) is 6.57. The Kier molecular flexibility index (Phi) is 5.99. The van der Waals surface area contributed by atoms with Crippen LogP contribution in [0.3, 0.4) is 0 Å². The van der Waals surface area contributed by atoms with E-state index in [1.54, 1.807) is 11.3 Å². The Morgan fingerprint density at radius 3 is 2.67 bits per heavy atom. The van der Waals surface area contributed by atoms with Crippen LogP contribution in [0.4, 0.5) is 0 Å². The molecule has 0 radical (unpaired) electrons. The van der Waals surface area contributed by atoms with Crippen LogP contribution in [0.1, 0.15) is 17.5 Å². The first kappa shape index (κ1) is 16.7. The zero-order valence-corrected chi connectivity index (χ0v) is 14.7. The van der Waals surface area contributed by atoms with Crippen LogP contribution in [0.2, 0.25) is 0 Å². The molecule has 0 saturated heterocycles. The maximum atomic E-state index is 5.71. The molecule has 2 aromatic carbocycles. The zero-order chi connectivity index (χ0) is 16.6. The van der Waals surface area contributed by atoms with Crippen LogP contribution in [-0.4, -0.2) is 18.1 Å². The molecule has 3 aromatic rings. The predicted molar refractivity (Wildman–Crippen MR) is 101 cm³/mol. The quantitative estimate of drug-likeness (QED) is 0.612. The van der Waals surface area contributed by atoms with Gasteiger partial charge in [0, 0.05) is 18.3 Å². The molecule has 124 valence electrons. The lowest BCUT2D eigenvalue weighted by atomic mass is 10.1. The molecule has 0 aliphatic heterocycles. The van der Waals surface area contributed by atoms with Crippen molar-refractivity contribution >= 4 is 11.3 Å². The summed E-state index contributed by atoms with van der Waals surface area (Å²) in [7, 11) is 0. The molecule has 1 aromatic heterocycles. The first-order chi connectivity index (χ1) is 11.9. The van der Waals surface area contributed by atoms with Crippen molar-refractivity contribution in [3.8, 4) is 16.2 Å². The molecular formula is C20H22N2OS. The van der Waals surface area contributed by atoms with Crippen LogP contribution in [0.5, 0.6) is 5.75 Å². The molecule has 3 nitrogen and oxygen atoms in total. The Morgan fingerprint density at radius 2 is 1.83 bits per heavy atom. The summed E-state index contributed by atoms with van der Waals surface area (Å²) in [5, 5.41) is 4.57. The van der Waals surface area contributed by atoms with Gasteiger partial charge < -0.3 is 10.1 Å². The van der Waals surface area contributed by atoms with Gasteiger partial charge in [-0.1, -0.05) is 42.5 Å². The van der Waals surface area contributed by atoms with Crippen LogP contribution in [0.25, 0.3) is 10.4 Å². The monoisotopic (exact) mass is 338 g/mol. The number of hydrogen-bond acceptors (Lipinski definition) is 4. The Bertz CT molecular complexity index is 755. The summed E-state index contributed by atoms with van der Waals surface area (Å²) in [6.07, 6.45) is 2.98. The highest BCUT2D eigenvalue weighted by Gasteiger charge is 2.09. The summed E-state index contributed by atoms with van der Waals surface area (Å²) in [6, 6.07) is 18.7. The third-order valence-electron chi connectivity index (χ3n) is 3.72. The van der Waals surface area contributed by atoms with E-state index in [2.05, 4.69) is 40.6 Å². The summed E-state index contributed by atoms with van der Waals surface area (Å²) in [5.41, 5.74) is 2.47. The molecule has 0 amide bonds. The van der Waals surface area contributed by atoms with Gasteiger partial charge in [0.2, 0.25) is 0 Å². The third-order valence-corrected chi connectivity index (χ3v) is 4.75. The van der Waals surface area contributed by atoms with E-state index in [0.717, 1.165) is 40.7 Å². The predicted octanol–water partition coefficient (Wildman–Crippen LogP) is 4.54. The van der Waals surface area contributed by atoms with Crippen molar-refractivity contribution in [2.24, 2.45) is 0 Å². The maximum Gasteiger partial charge on any atom is 0.127 e. The summed E-state index contributed by atoms with van der Waals surface area (Å²) in [4.78, 5) is 5.69. The van der Waals surface area contributed by atoms with Gasteiger partial charge in [-0.3, -0.25) is 0 Å². The van der Waals surface area contributed by atoms with Gasteiger partial charge in [0.05, 0.1) is 11.5 Å². The fourth-order valence-electron chi connectivity index (χ4n) is 2.54. The number of hydrogen-bond donors (Lipinski definition) is 1. The van der Waals surface area contributed by atoms with E-state index in [1.165, 1.54) is 5.56 Å². The molecule has 0 unspecified atom stereocenters. The normalized spacial score (nSPS) is 10.7. The van der Waals surface area contributed by atoms with E-state index in [4.69, 9.17) is 4.74 Å². The van der Waals surface area contributed by atoms with Crippen LogP contribution in [-0.2, 0) is 13.0 Å². The molecule has 1 N–H and O–H groups in total. The van der Waals surface area contributed by atoms with Gasteiger partial charge in [-0.2, -0.15) is 0 Å². The number of rotatable bonds is 8. The molecule has 0 aliphatic rings.